The van der Waals surface area contributed by atoms with Crippen molar-refractivity contribution in [3.63, 3.8) is 0 Å². The number of likely N-dealkylation sites (tertiary alicyclic amines) is 1. The fraction of sp³-hybridized carbons (Fsp3) is 0.706. The molecule has 0 aromatic carbocycles. The molecular weight excluding hydrogens is 320 g/mol. The number of nitrogens with zero attached hydrogens (tertiary/aromatic N) is 5. The van der Waals surface area contributed by atoms with Gasteiger partial charge in [0.1, 0.15) is 0 Å². The standard InChI is InChI=1S/C17H26N6O2/c24-17(20-11-15-3-1-10-25-15)23-12-14(13-23)21-6-8-22(9-7-21)16-18-4-2-5-19-16/h2,4-5,14-15H,1,3,6-13H2,(H,20,24). The molecule has 3 fully saturated rings. The molecule has 4 heterocycles. The van der Waals surface area contributed by atoms with Crippen LogP contribution >= 0.6 is 0 Å². The van der Waals surface area contributed by atoms with Gasteiger partial charge in [0.25, 0.3) is 0 Å². The quantitative estimate of drug-likeness (QED) is 0.838. The van der Waals surface area contributed by atoms with Crippen LogP contribution in [-0.4, -0.2) is 90.4 Å². The number of hydrogen-bond acceptors (Lipinski definition) is 6. The lowest BCUT2D eigenvalue weighted by atomic mass is 10.1. The van der Waals surface area contributed by atoms with Crippen LogP contribution in [0, 0.1) is 0 Å². The molecule has 1 unspecified atom stereocenters. The van der Waals surface area contributed by atoms with Crippen molar-refractivity contribution in [2.75, 3.05) is 57.3 Å². The highest BCUT2D eigenvalue weighted by Gasteiger charge is 2.36. The van der Waals surface area contributed by atoms with E-state index in [4.69, 9.17) is 4.74 Å². The van der Waals surface area contributed by atoms with E-state index < -0.39 is 0 Å². The van der Waals surface area contributed by atoms with Crippen LogP contribution < -0.4 is 10.2 Å². The number of anilines is 1. The molecule has 2 amide bonds. The van der Waals surface area contributed by atoms with Crippen molar-refractivity contribution in [3.05, 3.63) is 18.5 Å². The van der Waals surface area contributed by atoms with Crippen LogP contribution in [0.4, 0.5) is 10.7 Å². The predicted octanol–water partition coefficient (Wildman–Crippen LogP) is 0.171. The highest BCUT2D eigenvalue weighted by atomic mass is 16.5. The SMILES string of the molecule is O=C(NCC1CCCO1)N1CC(N2CCN(c3ncccn3)CC2)C1. The Morgan fingerprint density at radius 3 is 2.64 bits per heavy atom. The van der Waals surface area contributed by atoms with Gasteiger partial charge in [-0.05, 0) is 18.9 Å². The van der Waals surface area contributed by atoms with Gasteiger partial charge in [0.15, 0.2) is 0 Å². The molecular formula is C17H26N6O2. The van der Waals surface area contributed by atoms with Crippen molar-refractivity contribution in [2.45, 2.75) is 25.0 Å². The maximum atomic E-state index is 12.2. The van der Waals surface area contributed by atoms with Gasteiger partial charge in [-0.15, -0.1) is 0 Å². The summed E-state index contributed by atoms with van der Waals surface area (Å²) < 4.78 is 5.54. The lowest BCUT2D eigenvalue weighted by Gasteiger charge is -2.48. The lowest BCUT2D eigenvalue weighted by molar-refractivity contribution is 0.0504. The van der Waals surface area contributed by atoms with E-state index in [1.54, 1.807) is 12.4 Å². The molecule has 0 bridgehead atoms. The van der Waals surface area contributed by atoms with Crippen molar-refractivity contribution in [1.82, 2.24) is 25.1 Å². The van der Waals surface area contributed by atoms with Gasteiger partial charge in [0.05, 0.1) is 6.10 Å². The first-order valence-corrected chi connectivity index (χ1v) is 9.20. The van der Waals surface area contributed by atoms with E-state index in [9.17, 15) is 4.79 Å². The van der Waals surface area contributed by atoms with E-state index >= 15 is 0 Å². The third-order valence-corrected chi connectivity index (χ3v) is 5.32. The van der Waals surface area contributed by atoms with E-state index in [-0.39, 0.29) is 12.1 Å². The Bertz CT molecular complexity index is 566. The number of aromatic nitrogens is 2. The highest BCUT2D eigenvalue weighted by molar-refractivity contribution is 5.75. The molecule has 0 radical (unpaired) electrons. The first kappa shape index (κ1) is 16.5. The summed E-state index contributed by atoms with van der Waals surface area (Å²) in [5.74, 6) is 0.811. The van der Waals surface area contributed by atoms with E-state index in [1.165, 1.54) is 0 Å². The summed E-state index contributed by atoms with van der Waals surface area (Å²) in [6.07, 6.45) is 5.93. The van der Waals surface area contributed by atoms with Crippen LogP contribution in [0.3, 0.4) is 0 Å². The zero-order valence-electron chi connectivity index (χ0n) is 14.5. The largest absolute Gasteiger partial charge is 0.376 e. The number of urea groups is 1. The van der Waals surface area contributed by atoms with Crippen LogP contribution in [0.25, 0.3) is 0 Å². The second-order valence-corrected chi connectivity index (χ2v) is 6.95. The molecule has 25 heavy (non-hydrogen) atoms. The van der Waals surface area contributed by atoms with Gasteiger partial charge >= 0.3 is 6.03 Å². The molecule has 3 saturated heterocycles. The Balaban J connectivity index is 1.16. The molecule has 1 N–H and O–H groups in total. The van der Waals surface area contributed by atoms with Gasteiger partial charge in [-0.1, -0.05) is 0 Å². The van der Waals surface area contributed by atoms with Crippen molar-refractivity contribution < 1.29 is 9.53 Å². The number of amides is 2. The molecule has 1 aromatic rings. The van der Waals surface area contributed by atoms with Gasteiger partial charge in [-0.3, -0.25) is 4.90 Å². The number of piperazine rings is 1. The maximum Gasteiger partial charge on any atom is 0.317 e. The molecule has 136 valence electrons. The smallest absolute Gasteiger partial charge is 0.317 e. The highest BCUT2D eigenvalue weighted by Crippen LogP contribution is 2.19. The first-order valence-electron chi connectivity index (χ1n) is 9.20. The lowest BCUT2D eigenvalue weighted by Crippen LogP contribution is -2.65. The number of carbonyl (C=O) groups is 1. The van der Waals surface area contributed by atoms with Gasteiger partial charge in [-0.25, -0.2) is 14.8 Å². The number of ether oxygens (including phenoxy) is 1. The third-order valence-electron chi connectivity index (χ3n) is 5.32. The number of rotatable bonds is 4. The molecule has 8 nitrogen and oxygen atoms in total. The van der Waals surface area contributed by atoms with Crippen LogP contribution in [0.2, 0.25) is 0 Å². The van der Waals surface area contributed by atoms with Crippen molar-refractivity contribution in [2.24, 2.45) is 0 Å². The molecule has 0 spiro atoms. The Labute approximate surface area is 148 Å². The average molecular weight is 346 g/mol. The summed E-state index contributed by atoms with van der Waals surface area (Å²) in [5, 5.41) is 3.00. The van der Waals surface area contributed by atoms with Crippen molar-refractivity contribution in [1.29, 1.82) is 0 Å². The zero-order chi connectivity index (χ0) is 17.1. The molecule has 4 rings (SSSR count). The second-order valence-electron chi connectivity index (χ2n) is 6.95. The summed E-state index contributed by atoms with van der Waals surface area (Å²) in [4.78, 5) is 27.4. The van der Waals surface area contributed by atoms with Gasteiger partial charge in [-0.2, -0.15) is 0 Å². The Hall–Kier alpha value is -1.93. The van der Waals surface area contributed by atoms with E-state index in [2.05, 4.69) is 25.1 Å². The van der Waals surface area contributed by atoms with Crippen LogP contribution in [0.5, 0.6) is 0 Å². The van der Waals surface area contributed by atoms with Crippen molar-refractivity contribution in [3.8, 4) is 0 Å². The minimum absolute atomic E-state index is 0.0445. The van der Waals surface area contributed by atoms with Crippen LogP contribution in [-0.2, 0) is 4.74 Å². The average Bonchev–Trinajstić information content (AvgIpc) is 3.14. The first-order chi connectivity index (χ1) is 12.3. The number of carbonyl (C=O) groups excluding carboxylic acids is 1. The number of hydrogen-bond donors (Lipinski definition) is 1. The van der Waals surface area contributed by atoms with E-state index in [1.807, 2.05) is 11.0 Å². The molecule has 1 atom stereocenters. The van der Waals surface area contributed by atoms with Crippen LogP contribution in [0.1, 0.15) is 12.8 Å². The molecule has 8 heteroatoms. The number of nitrogens with one attached hydrogen (secondary N) is 1. The Kier molecular flexibility index (Phi) is 4.98. The monoisotopic (exact) mass is 346 g/mol. The molecule has 3 aliphatic rings. The molecule has 1 aromatic heterocycles. The summed E-state index contributed by atoms with van der Waals surface area (Å²) in [6, 6.07) is 2.36. The molecule has 0 aliphatic carbocycles. The predicted molar refractivity (Wildman–Crippen MR) is 93.6 cm³/mol. The fourth-order valence-corrected chi connectivity index (χ4v) is 3.71. The molecule has 0 saturated carbocycles. The summed E-state index contributed by atoms with van der Waals surface area (Å²) in [7, 11) is 0. The maximum absolute atomic E-state index is 12.2. The minimum Gasteiger partial charge on any atom is -0.376 e. The second kappa shape index (κ2) is 7.53. The summed E-state index contributed by atoms with van der Waals surface area (Å²) in [6.45, 7) is 6.96. The van der Waals surface area contributed by atoms with Crippen LogP contribution in [0.15, 0.2) is 18.5 Å². The fourth-order valence-electron chi connectivity index (χ4n) is 3.71. The Morgan fingerprint density at radius 1 is 1.20 bits per heavy atom. The van der Waals surface area contributed by atoms with Gasteiger partial charge < -0.3 is 19.9 Å². The van der Waals surface area contributed by atoms with Gasteiger partial charge in [0, 0.05) is 70.9 Å². The van der Waals surface area contributed by atoms with E-state index in [0.29, 0.717) is 12.6 Å². The normalized spacial score (nSPS) is 25.0. The van der Waals surface area contributed by atoms with Gasteiger partial charge in [0.2, 0.25) is 5.95 Å². The minimum atomic E-state index is 0.0445. The Morgan fingerprint density at radius 2 is 1.96 bits per heavy atom. The van der Waals surface area contributed by atoms with Crippen molar-refractivity contribution >= 4 is 12.0 Å². The zero-order valence-corrected chi connectivity index (χ0v) is 14.5. The third kappa shape index (κ3) is 3.85. The van der Waals surface area contributed by atoms with E-state index in [0.717, 1.165) is 64.7 Å². The topological polar surface area (TPSA) is 73.8 Å². The summed E-state index contributed by atoms with van der Waals surface area (Å²) >= 11 is 0. The molecule has 3 aliphatic heterocycles. The summed E-state index contributed by atoms with van der Waals surface area (Å²) in [5.41, 5.74) is 0.